The van der Waals surface area contributed by atoms with E-state index in [2.05, 4.69) is 74.5 Å². The fourth-order valence-corrected chi connectivity index (χ4v) is 4.53. The summed E-state index contributed by atoms with van der Waals surface area (Å²) in [4.78, 5) is 2.94. The molecule has 0 saturated carbocycles. The third-order valence-corrected chi connectivity index (χ3v) is 6.05. The van der Waals surface area contributed by atoms with Crippen LogP contribution in [0, 0.1) is 0 Å². The van der Waals surface area contributed by atoms with E-state index in [9.17, 15) is 0 Å². The van der Waals surface area contributed by atoms with E-state index >= 15 is 0 Å². The number of thiophene rings is 1. The Morgan fingerprint density at radius 1 is 1.19 bits per heavy atom. The van der Waals surface area contributed by atoms with Gasteiger partial charge in [0.1, 0.15) is 0 Å². The molecule has 0 radical (unpaired) electrons. The fraction of sp³-hybridized carbons (Fsp3) is 0.167. The SMILES string of the molecule is CSc1ccccc1C(Br)c1ccc(Br)s1. The van der Waals surface area contributed by atoms with Crippen LogP contribution in [-0.4, -0.2) is 6.26 Å². The van der Waals surface area contributed by atoms with Crippen molar-refractivity contribution in [1.82, 2.24) is 0 Å². The molecule has 1 unspecified atom stereocenters. The van der Waals surface area contributed by atoms with Crippen LogP contribution in [-0.2, 0) is 0 Å². The number of rotatable bonds is 3. The van der Waals surface area contributed by atoms with E-state index in [1.807, 2.05) is 0 Å². The molecular formula is C12H10Br2S2. The molecule has 0 fully saturated rings. The van der Waals surface area contributed by atoms with Crippen LogP contribution in [0.3, 0.4) is 0 Å². The van der Waals surface area contributed by atoms with Crippen molar-refractivity contribution in [3.05, 3.63) is 50.6 Å². The Bertz CT molecular complexity index is 479. The summed E-state index contributed by atoms with van der Waals surface area (Å²) in [6, 6.07) is 12.8. The summed E-state index contributed by atoms with van der Waals surface area (Å²) in [6.07, 6.45) is 2.11. The molecule has 2 rings (SSSR count). The van der Waals surface area contributed by atoms with Gasteiger partial charge in [-0.3, -0.25) is 0 Å². The lowest BCUT2D eigenvalue weighted by Gasteiger charge is -2.12. The molecule has 0 bridgehead atoms. The lowest BCUT2D eigenvalue weighted by Crippen LogP contribution is -1.91. The summed E-state index contributed by atoms with van der Waals surface area (Å²) in [5.74, 6) is 0. The summed E-state index contributed by atoms with van der Waals surface area (Å²) in [5.41, 5.74) is 1.34. The molecular weight excluding hydrogens is 368 g/mol. The fourth-order valence-electron chi connectivity index (χ4n) is 1.49. The van der Waals surface area contributed by atoms with Crippen molar-refractivity contribution in [2.24, 2.45) is 0 Å². The van der Waals surface area contributed by atoms with Gasteiger partial charge >= 0.3 is 0 Å². The quantitative estimate of drug-likeness (QED) is 0.487. The van der Waals surface area contributed by atoms with Crippen molar-refractivity contribution in [2.45, 2.75) is 9.72 Å². The molecule has 0 aliphatic rings. The van der Waals surface area contributed by atoms with Crippen LogP contribution in [0.25, 0.3) is 0 Å². The smallest absolute Gasteiger partial charge is 0.0749 e. The largest absolute Gasteiger partial charge is 0.132 e. The molecule has 1 atom stereocenters. The highest BCUT2D eigenvalue weighted by atomic mass is 79.9. The molecule has 1 heterocycles. The molecule has 0 aliphatic carbocycles. The maximum atomic E-state index is 3.78. The predicted molar refractivity (Wildman–Crippen MR) is 81.0 cm³/mol. The number of halogens is 2. The van der Waals surface area contributed by atoms with Crippen molar-refractivity contribution in [3.63, 3.8) is 0 Å². The summed E-state index contributed by atoms with van der Waals surface area (Å²) in [6.45, 7) is 0. The Morgan fingerprint density at radius 3 is 2.56 bits per heavy atom. The Kier molecular flexibility index (Phi) is 4.53. The standard InChI is InChI=1S/C12H10Br2S2/c1-15-9-5-3-2-4-8(9)12(14)10-6-7-11(13)16-10/h2-7,12H,1H3. The molecule has 0 spiro atoms. The van der Waals surface area contributed by atoms with Crippen LogP contribution in [0.15, 0.2) is 45.1 Å². The Morgan fingerprint density at radius 2 is 1.94 bits per heavy atom. The molecule has 0 saturated heterocycles. The summed E-state index contributed by atoms with van der Waals surface area (Å²) in [5, 5.41) is 0. The molecule has 1 aromatic heterocycles. The first-order chi connectivity index (χ1) is 7.72. The molecule has 4 heteroatoms. The number of hydrogen-bond donors (Lipinski definition) is 0. The zero-order valence-corrected chi connectivity index (χ0v) is 13.4. The number of thioether (sulfide) groups is 1. The summed E-state index contributed by atoms with van der Waals surface area (Å²) < 4.78 is 1.17. The highest BCUT2D eigenvalue weighted by molar-refractivity contribution is 9.11. The third-order valence-electron chi connectivity index (χ3n) is 2.26. The number of benzene rings is 1. The van der Waals surface area contributed by atoms with Crippen LogP contribution in [0.5, 0.6) is 0 Å². The summed E-state index contributed by atoms with van der Waals surface area (Å²) >= 11 is 10.8. The Hall–Kier alpha value is 0.230. The van der Waals surface area contributed by atoms with Crippen LogP contribution >= 0.6 is 55.0 Å². The van der Waals surface area contributed by atoms with Crippen LogP contribution in [0.4, 0.5) is 0 Å². The maximum Gasteiger partial charge on any atom is 0.0749 e. The predicted octanol–water partition coefficient (Wildman–Crippen LogP) is 5.72. The molecule has 1 aromatic carbocycles. The second-order valence-corrected chi connectivity index (χ2v) is 7.50. The average Bonchev–Trinajstić information content (AvgIpc) is 2.75. The van der Waals surface area contributed by atoms with Crippen molar-refractivity contribution >= 4 is 55.0 Å². The zero-order valence-electron chi connectivity index (χ0n) is 8.61. The van der Waals surface area contributed by atoms with E-state index in [0.29, 0.717) is 0 Å². The molecule has 0 aliphatic heterocycles. The van der Waals surface area contributed by atoms with Crippen LogP contribution in [0.2, 0.25) is 0 Å². The van der Waals surface area contributed by atoms with Gasteiger partial charge in [0.2, 0.25) is 0 Å². The third kappa shape index (κ3) is 2.73. The van der Waals surface area contributed by atoms with Crippen molar-refractivity contribution < 1.29 is 0 Å². The minimum absolute atomic E-state index is 0.285. The normalized spacial score (nSPS) is 12.7. The highest BCUT2D eigenvalue weighted by Gasteiger charge is 2.15. The van der Waals surface area contributed by atoms with E-state index in [1.165, 1.54) is 19.1 Å². The molecule has 0 N–H and O–H groups in total. The van der Waals surface area contributed by atoms with Crippen LogP contribution < -0.4 is 0 Å². The van der Waals surface area contributed by atoms with E-state index in [4.69, 9.17) is 0 Å². The van der Waals surface area contributed by atoms with Gasteiger partial charge in [0.05, 0.1) is 8.61 Å². The van der Waals surface area contributed by atoms with Gasteiger partial charge in [-0.2, -0.15) is 0 Å². The van der Waals surface area contributed by atoms with Gasteiger partial charge in [0.15, 0.2) is 0 Å². The molecule has 0 amide bonds. The molecule has 0 nitrogen and oxygen atoms in total. The number of alkyl halides is 1. The second kappa shape index (κ2) is 5.71. The highest BCUT2D eigenvalue weighted by Crippen LogP contribution is 2.40. The zero-order chi connectivity index (χ0) is 11.5. The van der Waals surface area contributed by atoms with Crippen LogP contribution in [0.1, 0.15) is 15.3 Å². The van der Waals surface area contributed by atoms with Gasteiger partial charge in [-0.1, -0.05) is 34.1 Å². The lowest BCUT2D eigenvalue weighted by atomic mass is 10.1. The molecule has 2 aromatic rings. The van der Waals surface area contributed by atoms with Gasteiger partial charge < -0.3 is 0 Å². The Balaban J connectivity index is 2.36. The summed E-state index contributed by atoms with van der Waals surface area (Å²) in [7, 11) is 0. The van der Waals surface area contributed by atoms with Crippen molar-refractivity contribution in [1.29, 1.82) is 0 Å². The topological polar surface area (TPSA) is 0 Å². The van der Waals surface area contributed by atoms with E-state index in [-0.39, 0.29) is 4.83 Å². The van der Waals surface area contributed by atoms with Crippen molar-refractivity contribution in [2.75, 3.05) is 6.26 Å². The van der Waals surface area contributed by atoms with Crippen molar-refractivity contribution in [3.8, 4) is 0 Å². The minimum atomic E-state index is 0.285. The first-order valence-corrected chi connectivity index (χ1v) is 8.49. The number of hydrogen-bond acceptors (Lipinski definition) is 2. The average molecular weight is 378 g/mol. The van der Waals surface area contributed by atoms with E-state index in [0.717, 1.165) is 0 Å². The lowest BCUT2D eigenvalue weighted by molar-refractivity contribution is 1.15. The van der Waals surface area contributed by atoms with Gasteiger partial charge in [-0.15, -0.1) is 23.1 Å². The van der Waals surface area contributed by atoms with Gasteiger partial charge in [-0.25, -0.2) is 0 Å². The first kappa shape index (κ1) is 12.7. The second-order valence-electron chi connectivity index (χ2n) is 3.25. The Labute approximate surface area is 121 Å². The molecule has 16 heavy (non-hydrogen) atoms. The van der Waals surface area contributed by atoms with E-state index < -0.39 is 0 Å². The first-order valence-electron chi connectivity index (χ1n) is 4.74. The molecule has 84 valence electrons. The maximum absolute atomic E-state index is 3.78. The van der Waals surface area contributed by atoms with E-state index in [1.54, 1.807) is 23.1 Å². The minimum Gasteiger partial charge on any atom is -0.132 e. The van der Waals surface area contributed by atoms with Gasteiger partial charge in [0.25, 0.3) is 0 Å². The van der Waals surface area contributed by atoms with Gasteiger partial charge in [-0.05, 0) is 45.9 Å². The monoisotopic (exact) mass is 376 g/mol. The van der Waals surface area contributed by atoms with Gasteiger partial charge in [0, 0.05) is 9.77 Å².